The number of hydrogen-bond donors (Lipinski definition) is 2. The van der Waals surface area contributed by atoms with Crippen LogP contribution in [0.3, 0.4) is 0 Å². The van der Waals surface area contributed by atoms with Gasteiger partial charge in [0.05, 0.1) is 17.1 Å². The second kappa shape index (κ2) is 6.97. The smallest absolute Gasteiger partial charge is 0.337 e. The lowest BCUT2D eigenvalue weighted by Crippen LogP contribution is -2.37. The van der Waals surface area contributed by atoms with E-state index in [1.807, 2.05) is 0 Å². The zero-order valence-electron chi connectivity index (χ0n) is 12.0. The van der Waals surface area contributed by atoms with Gasteiger partial charge in [0.2, 0.25) is 10.0 Å². The number of benzene rings is 1. The Morgan fingerprint density at radius 3 is 2.29 bits per heavy atom. The lowest BCUT2D eigenvalue weighted by Gasteiger charge is -2.10. The molecule has 0 saturated heterocycles. The van der Waals surface area contributed by atoms with Crippen LogP contribution in [0.5, 0.6) is 0 Å². The van der Waals surface area contributed by atoms with E-state index in [2.05, 4.69) is 15.0 Å². The van der Waals surface area contributed by atoms with Crippen molar-refractivity contribution in [2.24, 2.45) is 0 Å². The summed E-state index contributed by atoms with van der Waals surface area (Å²) in [7, 11) is -4.05. The zero-order valence-corrected chi connectivity index (χ0v) is 12.9. The third-order valence-corrected chi connectivity index (χ3v) is 4.32. The first-order valence-corrected chi connectivity index (χ1v) is 8.04. The first-order valence-electron chi connectivity index (χ1n) is 6.56. The van der Waals surface area contributed by atoms with E-state index in [1.54, 1.807) is 12.1 Å². The maximum Gasteiger partial charge on any atom is 0.416 e. The Labute approximate surface area is 135 Å². The highest BCUT2D eigenvalue weighted by molar-refractivity contribution is 7.89. The number of nitrogens with one attached hydrogen (secondary N) is 2. The highest BCUT2D eigenvalue weighted by Crippen LogP contribution is 2.29. The summed E-state index contributed by atoms with van der Waals surface area (Å²) in [5.41, 5.74) is -0.851. The molecule has 1 aromatic carbocycles. The van der Waals surface area contributed by atoms with Gasteiger partial charge < -0.3 is 5.32 Å². The number of nitrogens with zero attached hydrogens (tertiary/aromatic N) is 1. The summed E-state index contributed by atoms with van der Waals surface area (Å²) in [5, 5.41) is 2.29. The van der Waals surface area contributed by atoms with Gasteiger partial charge in [0, 0.05) is 6.20 Å². The molecular formula is C14H12F3N3O3S. The van der Waals surface area contributed by atoms with Gasteiger partial charge in [0.25, 0.3) is 5.91 Å². The molecule has 0 bridgehead atoms. The number of carbonyl (C=O) groups is 1. The SMILES string of the molecule is O=C(NCNS(=O)(=O)c1ccc(C(F)(F)F)cc1)c1ccccn1. The number of amides is 1. The van der Waals surface area contributed by atoms with E-state index in [9.17, 15) is 26.4 Å². The number of hydrogen-bond acceptors (Lipinski definition) is 4. The van der Waals surface area contributed by atoms with Gasteiger partial charge in [0.15, 0.2) is 0 Å². The lowest BCUT2D eigenvalue weighted by molar-refractivity contribution is -0.137. The monoisotopic (exact) mass is 359 g/mol. The molecule has 0 saturated carbocycles. The predicted octanol–water partition coefficient (Wildman–Crippen LogP) is 1.77. The fourth-order valence-corrected chi connectivity index (χ4v) is 2.63. The first kappa shape index (κ1) is 17.9. The number of pyridine rings is 1. The zero-order chi connectivity index (χ0) is 17.8. The molecule has 2 rings (SSSR count). The minimum atomic E-state index is -4.55. The van der Waals surface area contributed by atoms with Gasteiger partial charge >= 0.3 is 6.18 Å². The average Bonchev–Trinajstić information content (AvgIpc) is 2.55. The molecule has 6 nitrogen and oxygen atoms in total. The second-order valence-corrected chi connectivity index (χ2v) is 6.33. The fourth-order valence-electron chi connectivity index (χ4n) is 1.71. The van der Waals surface area contributed by atoms with Crippen LogP contribution in [0.1, 0.15) is 16.1 Å². The third-order valence-electron chi connectivity index (χ3n) is 2.90. The van der Waals surface area contributed by atoms with Gasteiger partial charge in [-0.3, -0.25) is 9.78 Å². The summed E-state index contributed by atoms with van der Waals surface area (Å²) < 4.78 is 63.3. The van der Waals surface area contributed by atoms with Crippen molar-refractivity contribution >= 4 is 15.9 Å². The Morgan fingerprint density at radius 1 is 1.08 bits per heavy atom. The Bertz CT molecular complexity index is 807. The number of aromatic nitrogens is 1. The second-order valence-electron chi connectivity index (χ2n) is 4.57. The maximum atomic E-state index is 12.5. The van der Waals surface area contributed by atoms with Crippen LogP contribution in [0.15, 0.2) is 53.6 Å². The van der Waals surface area contributed by atoms with E-state index in [0.29, 0.717) is 12.1 Å². The summed E-state index contributed by atoms with van der Waals surface area (Å²) in [6, 6.07) is 7.66. The Kier molecular flexibility index (Phi) is 5.20. The van der Waals surface area contributed by atoms with E-state index in [4.69, 9.17) is 0 Å². The van der Waals surface area contributed by atoms with Crippen molar-refractivity contribution in [3.63, 3.8) is 0 Å². The Morgan fingerprint density at radius 2 is 1.75 bits per heavy atom. The number of alkyl halides is 3. The van der Waals surface area contributed by atoms with Gasteiger partial charge in [-0.1, -0.05) is 6.07 Å². The summed E-state index contributed by atoms with van der Waals surface area (Å²) in [5.74, 6) is -0.592. The molecule has 0 aliphatic heterocycles. The van der Waals surface area contributed by atoms with Gasteiger partial charge in [-0.15, -0.1) is 0 Å². The van der Waals surface area contributed by atoms with E-state index in [-0.39, 0.29) is 10.6 Å². The lowest BCUT2D eigenvalue weighted by atomic mass is 10.2. The van der Waals surface area contributed by atoms with Crippen molar-refractivity contribution in [3.8, 4) is 0 Å². The van der Waals surface area contributed by atoms with Crippen LogP contribution in [0.25, 0.3) is 0 Å². The normalized spacial score (nSPS) is 12.0. The molecule has 0 unspecified atom stereocenters. The van der Waals surface area contributed by atoms with Crippen molar-refractivity contribution in [2.75, 3.05) is 6.67 Å². The first-order chi connectivity index (χ1) is 11.2. The van der Waals surface area contributed by atoms with Crippen LogP contribution in [-0.4, -0.2) is 26.0 Å². The molecule has 0 spiro atoms. The van der Waals surface area contributed by atoms with Crippen LogP contribution in [-0.2, 0) is 16.2 Å². The molecule has 1 amide bonds. The molecule has 1 heterocycles. The summed E-state index contributed by atoms with van der Waals surface area (Å²) in [6.07, 6.45) is -3.15. The maximum absolute atomic E-state index is 12.5. The standard InChI is InChI=1S/C14H12F3N3O3S/c15-14(16,17)10-4-6-11(7-5-10)24(22,23)20-9-19-13(21)12-3-1-2-8-18-12/h1-8,20H,9H2,(H,19,21). The molecule has 2 N–H and O–H groups in total. The largest absolute Gasteiger partial charge is 0.416 e. The average molecular weight is 359 g/mol. The predicted molar refractivity (Wildman–Crippen MR) is 78.3 cm³/mol. The molecule has 0 atom stereocenters. The van der Waals surface area contributed by atoms with Gasteiger partial charge in [-0.05, 0) is 36.4 Å². The highest BCUT2D eigenvalue weighted by Gasteiger charge is 2.30. The van der Waals surface area contributed by atoms with Crippen molar-refractivity contribution in [1.29, 1.82) is 0 Å². The molecule has 24 heavy (non-hydrogen) atoms. The van der Waals surface area contributed by atoms with Crippen molar-refractivity contribution in [1.82, 2.24) is 15.0 Å². The number of halogens is 3. The van der Waals surface area contributed by atoms with Crippen molar-refractivity contribution in [2.45, 2.75) is 11.1 Å². The van der Waals surface area contributed by atoms with E-state index in [0.717, 1.165) is 12.1 Å². The van der Waals surface area contributed by atoms with Gasteiger partial charge in [-0.2, -0.15) is 17.9 Å². The minimum absolute atomic E-state index is 0.103. The molecule has 0 radical (unpaired) electrons. The summed E-state index contributed by atoms with van der Waals surface area (Å²) >= 11 is 0. The molecule has 0 aliphatic carbocycles. The molecule has 2 aromatic rings. The molecule has 0 fully saturated rings. The molecule has 0 aliphatic rings. The fraction of sp³-hybridized carbons (Fsp3) is 0.143. The molecule has 128 valence electrons. The Balaban J connectivity index is 1.98. The van der Waals surface area contributed by atoms with Crippen LogP contribution < -0.4 is 10.0 Å². The number of sulfonamides is 1. The highest BCUT2D eigenvalue weighted by atomic mass is 32.2. The van der Waals surface area contributed by atoms with E-state index >= 15 is 0 Å². The molecule has 10 heteroatoms. The Hall–Kier alpha value is -2.46. The summed E-state index contributed by atoms with van der Waals surface area (Å²) in [6.45, 7) is -0.432. The minimum Gasteiger partial charge on any atom is -0.337 e. The molecule has 1 aromatic heterocycles. The van der Waals surface area contributed by atoms with Crippen LogP contribution >= 0.6 is 0 Å². The van der Waals surface area contributed by atoms with Crippen molar-refractivity contribution < 1.29 is 26.4 Å². The van der Waals surface area contributed by atoms with Crippen LogP contribution in [0.4, 0.5) is 13.2 Å². The van der Waals surface area contributed by atoms with Gasteiger partial charge in [-0.25, -0.2) is 8.42 Å². The molecular weight excluding hydrogens is 347 g/mol. The summed E-state index contributed by atoms with van der Waals surface area (Å²) in [4.78, 5) is 15.1. The van der Waals surface area contributed by atoms with Crippen LogP contribution in [0, 0.1) is 0 Å². The third kappa shape index (κ3) is 4.52. The number of rotatable bonds is 5. The van der Waals surface area contributed by atoms with E-state index in [1.165, 1.54) is 12.3 Å². The number of carbonyl (C=O) groups excluding carboxylic acids is 1. The van der Waals surface area contributed by atoms with Crippen molar-refractivity contribution in [3.05, 3.63) is 59.9 Å². The topological polar surface area (TPSA) is 88.2 Å². The van der Waals surface area contributed by atoms with E-state index < -0.39 is 34.3 Å². The quantitative estimate of drug-likeness (QED) is 0.797. The van der Waals surface area contributed by atoms with Crippen LogP contribution in [0.2, 0.25) is 0 Å². The van der Waals surface area contributed by atoms with Gasteiger partial charge in [0.1, 0.15) is 5.69 Å².